The number of rotatable bonds is 0. The molecule has 0 spiro atoms. The normalized spacial score (nSPS) is 23.4. The zero-order valence-electron chi connectivity index (χ0n) is 10.7. The fraction of sp³-hybridized carbons (Fsp3) is 0.833. The van der Waals surface area contributed by atoms with Crippen LogP contribution in [0.25, 0.3) is 0 Å². The number of halogens is 2. The van der Waals surface area contributed by atoms with E-state index in [2.05, 4.69) is 0 Å². The zero-order chi connectivity index (χ0) is 12.6. The number of alkyl halides is 2. The number of allylic oxidation sites excluding steroid dienone is 1. The maximum atomic E-state index is 12.7. The Kier molecular flexibility index (Phi) is 8.83. The molecular weight excluding hydrogens is 198 g/mol. The van der Waals surface area contributed by atoms with Gasteiger partial charge in [0.25, 0.3) is 5.92 Å². The molecule has 92 valence electrons. The topological polar surface area (TPSA) is 20.2 Å². The van der Waals surface area contributed by atoms with Crippen LogP contribution in [0.5, 0.6) is 0 Å². The summed E-state index contributed by atoms with van der Waals surface area (Å²) in [5, 5.41) is 8.94. The molecule has 1 nitrogen and oxygen atoms in total. The van der Waals surface area contributed by atoms with Gasteiger partial charge < -0.3 is 5.11 Å². The van der Waals surface area contributed by atoms with Crippen molar-refractivity contribution in [3.63, 3.8) is 0 Å². The van der Waals surface area contributed by atoms with E-state index in [4.69, 9.17) is 5.11 Å². The molecule has 0 saturated carbocycles. The SMILES string of the molecule is CC.CC.CC1=C(C)CC(F)(F)C(O)C1. The van der Waals surface area contributed by atoms with Gasteiger partial charge in [-0.3, -0.25) is 0 Å². The Morgan fingerprint density at radius 2 is 1.47 bits per heavy atom. The maximum Gasteiger partial charge on any atom is 0.277 e. The Morgan fingerprint density at radius 3 is 1.80 bits per heavy atom. The van der Waals surface area contributed by atoms with Crippen molar-refractivity contribution in [2.45, 2.75) is 66.4 Å². The largest absolute Gasteiger partial charge is 0.387 e. The molecule has 1 atom stereocenters. The second-order valence-electron chi connectivity index (χ2n) is 3.22. The minimum Gasteiger partial charge on any atom is -0.387 e. The van der Waals surface area contributed by atoms with Gasteiger partial charge in [-0.1, -0.05) is 38.8 Å². The molecule has 1 rings (SSSR count). The first-order valence-corrected chi connectivity index (χ1v) is 5.64. The van der Waals surface area contributed by atoms with Gasteiger partial charge in [-0.15, -0.1) is 0 Å². The van der Waals surface area contributed by atoms with Crippen molar-refractivity contribution in [1.29, 1.82) is 0 Å². The lowest BCUT2D eigenvalue weighted by molar-refractivity contribution is -0.111. The summed E-state index contributed by atoms with van der Waals surface area (Å²) in [6, 6.07) is 0. The standard InChI is InChI=1S/C8H12F2O.2C2H6/c1-5-3-7(11)8(9,10)4-6(5)2;2*1-2/h7,11H,3-4H2,1-2H3;2*1-2H3. The van der Waals surface area contributed by atoms with Crippen LogP contribution >= 0.6 is 0 Å². The summed E-state index contributed by atoms with van der Waals surface area (Å²) in [6.07, 6.45) is -1.66. The van der Waals surface area contributed by atoms with E-state index in [-0.39, 0.29) is 12.8 Å². The van der Waals surface area contributed by atoms with Crippen molar-refractivity contribution in [3.8, 4) is 0 Å². The lowest BCUT2D eigenvalue weighted by atomic mass is 9.89. The van der Waals surface area contributed by atoms with Crippen LogP contribution < -0.4 is 0 Å². The van der Waals surface area contributed by atoms with Gasteiger partial charge in [0.05, 0.1) is 0 Å². The first kappa shape index (κ1) is 17.0. The molecule has 0 amide bonds. The second kappa shape index (κ2) is 7.80. The van der Waals surface area contributed by atoms with Gasteiger partial charge in [-0.2, -0.15) is 0 Å². The van der Waals surface area contributed by atoms with Crippen LogP contribution in [-0.4, -0.2) is 17.1 Å². The Hall–Kier alpha value is -0.440. The van der Waals surface area contributed by atoms with Crippen LogP contribution in [0.4, 0.5) is 8.78 Å². The van der Waals surface area contributed by atoms with Crippen LogP contribution in [0.1, 0.15) is 54.4 Å². The Morgan fingerprint density at radius 1 is 1.07 bits per heavy atom. The van der Waals surface area contributed by atoms with Crippen LogP contribution in [-0.2, 0) is 0 Å². The lowest BCUT2D eigenvalue weighted by Gasteiger charge is -2.28. The van der Waals surface area contributed by atoms with Gasteiger partial charge in [0.15, 0.2) is 0 Å². The number of hydrogen-bond acceptors (Lipinski definition) is 1. The summed E-state index contributed by atoms with van der Waals surface area (Å²) in [5.41, 5.74) is 1.60. The third-order valence-corrected chi connectivity index (χ3v) is 2.22. The fourth-order valence-corrected chi connectivity index (χ4v) is 1.24. The minimum absolute atomic E-state index is 0.110. The summed E-state index contributed by atoms with van der Waals surface area (Å²) >= 11 is 0. The molecule has 0 aromatic rings. The lowest BCUT2D eigenvalue weighted by Crippen LogP contribution is -2.36. The first-order chi connectivity index (χ1) is 6.93. The predicted octanol–water partition coefficient (Wildman–Crippen LogP) is 4.17. The minimum atomic E-state index is -2.91. The van der Waals surface area contributed by atoms with Crippen molar-refractivity contribution in [2.24, 2.45) is 0 Å². The highest BCUT2D eigenvalue weighted by molar-refractivity contribution is 5.18. The van der Waals surface area contributed by atoms with E-state index in [1.807, 2.05) is 27.7 Å². The maximum absolute atomic E-state index is 12.7. The van der Waals surface area contributed by atoms with Crippen LogP contribution in [0.3, 0.4) is 0 Å². The highest BCUT2D eigenvalue weighted by Gasteiger charge is 2.41. The Labute approximate surface area is 92.2 Å². The summed E-state index contributed by atoms with van der Waals surface area (Å²) < 4.78 is 25.5. The van der Waals surface area contributed by atoms with Crippen molar-refractivity contribution in [3.05, 3.63) is 11.1 Å². The molecule has 0 bridgehead atoms. The molecule has 0 heterocycles. The van der Waals surface area contributed by atoms with E-state index in [1.165, 1.54) is 0 Å². The summed E-state index contributed by atoms with van der Waals surface area (Å²) in [6.45, 7) is 11.5. The van der Waals surface area contributed by atoms with Gasteiger partial charge in [-0.05, 0) is 13.8 Å². The van der Waals surface area contributed by atoms with Crippen LogP contribution in [0.2, 0.25) is 0 Å². The molecular formula is C12H24F2O. The third-order valence-electron chi connectivity index (χ3n) is 2.22. The van der Waals surface area contributed by atoms with E-state index < -0.39 is 12.0 Å². The van der Waals surface area contributed by atoms with Gasteiger partial charge >= 0.3 is 0 Å². The van der Waals surface area contributed by atoms with Crippen molar-refractivity contribution in [2.75, 3.05) is 0 Å². The van der Waals surface area contributed by atoms with Crippen molar-refractivity contribution < 1.29 is 13.9 Å². The summed E-state index contributed by atoms with van der Waals surface area (Å²) in [7, 11) is 0. The fourth-order valence-electron chi connectivity index (χ4n) is 1.24. The van der Waals surface area contributed by atoms with Crippen LogP contribution in [0.15, 0.2) is 11.1 Å². The van der Waals surface area contributed by atoms with Gasteiger partial charge in [0, 0.05) is 12.8 Å². The van der Waals surface area contributed by atoms with Crippen LogP contribution in [0, 0.1) is 0 Å². The molecule has 15 heavy (non-hydrogen) atoms. The predicted molar refractivity (Wildman–Crippen MR) is 61.3 cm³/mol. The molecule has 0 aromatic carbocycles. The summed E-state index contributed by atoms with van der Waals surface area (Å²) in [4.78, 5) is 0. The Balaban J connectivity index is 0. The number of hydrogen-bond donors (Lipinski definition) is 1. The van der Waals surface area contributed by atoms with E-state index in [1.54, 1.807) is 13.8 Å². The number of aliphatic hydroxyl groups is 1. The Bertz CT molecular complexity index is 198. The quantitative estimate of drug-likeness (QED) is 0.610. The molecule has 1 N–H and O–H groups in total. The highest BCUT2D eigenvalue weighted by atomic mass is 19.3. The highest BCUT2D eigenvalue weighted by Crippen LogP contribution is 2.36. The van der Waals surface area contributed by atoms with E-state index in [9.17, 15) is 8.78 Å². The first-order valence-electron chi connectivity index (χ1n) is 5.64. The van der Waals surface area contributed by atoms with Gasteiger partial charge in [-0.25, -0.2) is 8.78 Å². The molecule has 0 radical (unpaired) electrons. The van der Waals surface area contributed by atoms with E-state index >= 15 is 0 Å². The van der Waals surface area contributed by atoms with Gasteiger partial charge in [0.1, 0.15) is 6.10 Å². The molecule has 1 aliphatic carbocycles. The van der Waals surface area contributed by atoms with E-state index in [0.717, 1.165) is 5.57 Å². The van der Waals surface area contributed by atoms with E-state index in [0.29, 0.717) is 5.57 Å². The molecule has 0 aromatic heterocycles. The smallest absolute Gasteiger partial charge is 0.277 e. The molecule has 0 saturated heterocycles. The molecule has 1 unspecified atom stereocenters. The zero-order valence-corrected chi connectivity index (χ0v) is 10.7. The van der Waals surface area contributed by atoms with Gasteiger partial charge in [0.2, 0.25) is 0 Å². The molecule has 3 heteroatoms. The third kappa shape index (κ3) is 5.26. The average molecular weight is 222 g/mol. The number of aliphatic hydroxyl groups excluding tert-OH is 1. The monoisotopic (exact) mass is 222 g/mol. The molecule has 1 aliphatic rings. The molecule has 0 fully saturated rings. The van der Waals surface area contributed by atoms with Crippen molar-refractivity contribution in [1.82, 2.24) is 0 Å². The van der Waals surface area contributed by atoms with Crippen molar-refractivity contribution >= 4 is 0 Å². The second-order valence-corrected chi connectivity index (χ2v) is 3.22. The summed E-state index contributed by atoms with van der Waals surface area (Å²) in [5.74, 6) is -2.91. The average Bonchev–Trinajstić information content (AvgIpc) is 2.21. The molecule has 0 aliphatic heterocycles.